The molecule has 1 aliphatic rings. The van der Waals surface area contributed by atoms with Gasteiger partial charge in [0.1, 0.15) is 17.9 Å². The summed E-state index contributed by atoms with van der Waals surface area (Å²) in [5, 5.41) is 12.4. The van der Waals surface area contributed by atoms with Crippen LogP contribution in [-0.2, 0) is 16.1 Å². The van der Waals surface area contributed by atoms with Gasteiger partial charge in [0.05, 0.1) is 19.4 Å². The van der Waals surface area contributed by atoms with E-state index in [1.54, 1.807) is 19.9 Å². The van der Waals surface area contributed by atoms with Crippen LogP contribution in [0.15, 0.2) is 18.3 Å². The predicted molar refractivity (Wildman–Crippen MR) is 118 cm³/mol. The Morgan fingerprint density at radius 1 is 1.28 bits per heavy atom. The van der Waals surface area contributed by atoms with Crippen molar-refractivity contribution in [2.45, 2.75) is 63.9 Å². The number of fused-ring (bicyclic) bond motifs is 1. The fourth-order valence-electron chi connectivity index (χ4n) is 3.92. The fraction of sp³-hybridized carbons (Fsp3) is 0.524. The lowest BCUT2D eigenvalue weighted by Crippen LogP contribution is -2.36. The van der Waals surface area contributed by atoms with E-state index in [1.165, 1.54) is 23.8 Å². The highest BCUT2D eigenvalue weighted by Gasteiger charge is 2.41. The molecule has 0 saturated heterocycles. The molecule has 1 fully saturated rings. The summed E-state index contributed by atoms with van der Waals surface area (Å²) >= 11 is 0. The number of imidazole rings is 1. The first-order chi connectivity index (χ1) is 17.0. The minimum atomic E-state index is -4.80. The number of halogens is 4. The average Bonchev–Trinajstić information content (AvgIpc) is 3.50. The van der Waals surface area contributed by atoms with Gasteiger partial charge in [-0.3, -0.25) is 14.2 Å². The molecule has 3 aromatic heterocycles. The first-order valence-electron chi connectivity index (χ1n) is 11.1. The molecular formula is C21H25F4N7O4. The Morgan fingerprint density at radius 3 is 2.75 bits per heavy atom. The molecule has 1 amide bonds. The molecule has 3 N–H and O–H groups in total. The number of rotatable bonds is 8. The molecule has 1 saturated carbocycles. The quantitative estimate of drug-likeness (QED) is 0.385. The molecule has 196 valence electrons. The molecule has 3 aromatic rings. The van der Waals surface area contributed by atoms with Gasteiger partial charge in [-0.25, -0.2) is 14.2 Å². The van der Waals surface area contributed by atoms with Gasteiger partial charge in [0, 0.05) is 36.0 Å². The van der Waals surface area contributed by atoms with Crippen LogP contribution in [0.3, 0.4) is 0 Å². The summed E-state index contributed by atoms with van der Waals surface area (Å²) in [4.78, 5) is 20.2. The van der Waals surface area contributed by atoms with E-state index in [4.69, 9.17) is 9.47 Å². The average molecular weight is 515 g/mol. The lowest BCUT2D eigenvalue weighted by molar-refractivity contribution is -0.330. The molecule has 0 unspecified atom stereocenters. The maximum atomic E-state index is 15.0. The zero-order valence-electron chi connectivity index (χ0n) is 19.6. The summed E-state index contributed by atoms with van der Waals surface area (Å²) in [7, 11) is 1.38. The number of alkyl halides is 4. The maximum absolute atomic E-state index is 15.0. The fourth-order valence-corrected chi connectivity index (χ4v) is 3.92. The SMILES string of the molecule is COc1cc2nc(COC(F)(F)F)cn2c(Nc2cc([C@H]3CC[C@@H](OC(=O)NC(C)C)[C@H]3F)[nH]n2)n1. The zero-order chi connectivity index (χ0) is 26.0. The van der Waals surface area contributed by atoms with Crippen molar-refractivity contribution in [3.8, 4) is 5.88 Å². The van der Waals surface area contributed by atoms with Crippen LogP contribution in [0.25, 0.3) is 5.65 Å². The minimum Gasteiger partial charge on any atom is -0.481 e. The molecule has 3 atom stereocenters. The number of aromatic nitrogens is 5. The maximum Gasteiger partial charge on any atom is 0.522 e. The molecule has 0 bridgehead atoms. The van der Waals surface area contributed by atoms with Crippen LogP contribution in [0.4, 0.5) is 34.1 Å². The lowest BCUT2D eigenvalue weighted by atomic mass is 10.0. The Hall–Kier alpha value is -3.62. The Balaban J connectivity index is 1.49. The number of aromatic amines is 1. The summed E-state index contributed by atoms with van der Waals surface area (Å²) in [6, 6.07) is 2.90. The molecule has 0 radical (unpaired) electrons. The van der Waals surface area contributed by atoms with Crippen molar-refractivity contribution in [2.75, 3.05) is 12.4 Å². The van der Waals surface area contributed by atoms with Crippen LogP contribution in [-0.4, -0.2) is 62.4 Å². The molecule has 0 spiro atoms. The van der Waals surface area contributed by atoms with E-state index >= 15 is 4.39 Å². The highest BCUT2D eigenvalue weighted by atomic mass is 19.4. The van der Waals surface area contributed by atoms with Crippen molar-refractivity contribution in [3.63, 3.8) is 0 Å². The number of carbonyl (C=O) groups excluding carboxylic acids is 1. The molecule has 1 aliphatic carbocycles. The topological polar surface area (TPSA) is 128 Å². The first kappa shape index (κ1) is 25.5. The van der Waals surface area contributed by atoms with Gasteiger partial charge in [-0.1, -0.05) is 0 Å². The van der Waals surface area contributed by atoms with Crippen molar-refractivity contribution >= 4 is 23.5 Å². The van der Waals surface area contributed by atoms with Crippen molar-refractivity contribution in [1.82, 2.24) is 29.9 Å². The standard InChI is InChI=1S/C21H25F4N7O4/c1-10(2)26-20(33)36-14-5-4-12(18(14)22)13-6-15(31-30-13)28-19-29-17(34-3)7-16-27-11(8-32(16)19)9-35-21(23,24)25/h6-8,10,12,14,18H,4-5,9H2,1-3H3,(H,26,33)(H2,28,29,30,31)/t12-,14-,18+/m1/s1. The van der Waals surface area contributed by atoms with E-state index in [0.29, 0.717) is 18.5 Å². The normalized spacial score (nSPS) is 20.2. The first-order valence-corrected chi connectivity index (χ1v) is 11.1. The third-order valence-corrected chi connectivity index (χ3v) is 5.48. The third-order valence-electron chi connectivity index (χ3n) is 5.48. The van der Waals surface area contributed by atoms with Crippen LogP contribution in [0.5, 0.6) is 5.88 Å². The summed E-state index contributed by atoms with van der Waals surface area (Å²) in [6.45, 7) is 2.77. The Kier molecular flexibility index (Phi) is 7.19. The monoisotopic (exact) mass is 515 g/mol. The second-order valence-electron chi connectivity index (χ2n) is 8.52. The van der Waals surface area contributed by atoms with Crippen LogP contribution < -0.4 is 15.4 Å². The molecule has 11 nitrogen and oxygen atoms in total. The molecule has 0 aromatic carbocycles. The van der Waals surface area contributed by atoms with E-state index in [9.17, 15) is 18.0 Å². The highest BCUT2D eigenvalue weighted by Crippen LogP contribution is 2.38. The van der Waals surface area contributed by atoms with E-state index in [2.05, 4.69) is 35.5 Å². The van der Waals surface area contributed by atoms with E-state index in [0.717, 1.165) is 0 Å². The Bertz CT molecular complexity index is 1210. The van der Waals surface area contributed by atoms with Gasteiger partial charge in [-0.05, 0) is 26.7 Å². The molecule has 4 rings (SSSR count). The van der Waals surface area contributed by atoms with Crippen LogP contribution >= 0.6 is 0 Å². The summed E-state index contributed by atoms with van der Waals surface area (Å²) < 4.78 is 67.9. The highest BCUT2D eigenvalue weighted by molar-refractivity contribution is 5.67. The minimum absolute atomic E-state index is 0.0203. The molecule has 0 aliphatic heterocycles. The van der Waals surface area contributed by atoms with Gasteiger partial charge in [0.2, 0.25) is 11.8 Å². The molecule has 36 heavy (non-hydrogen) atoms. The van der Waals surface area contributed by atoms with Crippen molar-refractivity contribution < 1.29 is 36.6 Å². The molecular weight excluding hydrogens is 490 g/mol. The van der Waals surface area contributed by atoms with Gasteiger partial charge in [-0.15, -0.1) is 13.2 Å². The van der Waals surface area contributed by atoms with Crippen molar-refractivity contribution in [1.29, 1.82) is 0 Å². The number of methoxy groups -OCH3 is 1. The molecule has 3 heterocycles. The number of nitrogens with zero attached hydrogens (tertiary/aromatic N) is 4. The van der Waals surface area contributed by atoms with Crippen LogP contribution in [0, 0.1) is 0 Å². The summed E-state index contributed by atoms with van der Waals surface area (Å²) in [6.07, 6.45) is -5.64. The van der Waals surface area contributed by atoms with Gasteiger partial charge in [-0.2, -0.15) is 10.1 Å². The largest absolute Gasteiger partial charge is 0.522 e. The van der Waals surface area contributed by atoms with E-state index in [1.807, 2.05) is 0 Å². The van der Waals surface area contributed by atoms with Gasteiger partial charge < -0.3 is 20.1 Å². The number of carbonyl (C=O) groups is 1. The number of amides is 1. The number of H-pyrrole nitrogens is 1. The van der Waals surface area contributed by atoms with Gasteiger partial charge >= 0.3 is 12.5 Å². The lowest BCUT2D eigenvalue weighted by Gasteiger charge is -2.18. The number of nitrogens with one attached hydrogen (secondary N) is 3. The summed E-state index contributed by atoms with van der Waals surface area (Å²) in [5.74, 6) is 0.0300. The molecule has 15 heteroatoms. The number of alkyl carbamates (subject to hydrolysis) is 1. The van der Waals surface area contributed by atoms with Crippen LogP contribution in [0.2, 0.25) is 0 Å². The number of anilines is 2. The van der Waals surface area contributed by atoms with Crippen molar-refractivity contribution in [3.05, 3.63) is 29.7 Å². The number of ether oxygens (including phenoxy) is 3. The van der Waals surface area contributed by atoms with Gasteiger partial charge in [0.15, 0.2) is 5.82 Å². The Labute approximate surface area is 202 Å². The van der Waals surface area contributed by atoms with E-state index < -0.39 is 37.3 Å². The predicted octanol–water partition coefficient (Wildman–Crippen LogP) is 3.96. The second-order valence-corrected chi connectivity index (χ2v) is 8.52. The van der Waals surface area contributed by atoms with E-state index in [-0.39, 0.29) is 35.0 Å². The smallest absolute Gasteiger partial charge is 0.481 e. The van der Waals surface area contributed by atoms with Gasteiger partial charge in [0.25, 0.3) is 0 Å². The van der Waals surface area contributed by atoms with Crippen LogP contribution in [0.1, 0.15) is 44.0 Å². The number of hydrogen-bond donors (Lipinski definition) is 3. The second kappa shape index (κ2) is 10.2. The Morgan fingerprint density at radius 2 is 2.06 bits per heavy atom. The zero-order valence-corrected chi connectivity index (χ0v) is 19.6. The summed E-state index contributed by atoms with van der Waals surface area (Å²) in [5.41, 5.74) is 0.775. The third kappa shape index (κ3) is 5.95. The van der Waals surface area contributed by atoms with Crippen molar-refractivity contribution in [2.24, 2.45) is 0 Å². The number of hydrogen-bond acceptors (Lipinski definition) is 8.